The first-order valence-corrected chi connectivity index (χ1v) is 16.4. The Labute approximate surface area is 274 Å². The van der Waals surface area contributed by atoms with E-state index < -0.39 is 5.66 Å². The van der Waals surface area contributed by atoms with E-state index in [1.807, 2.05) is 0 Å². The van der Waals surface area contributed by atoms with Gasteiger partial charge in [0.1, 0.15) is 17.2 Å². The summed E-state index contributed by atoms with van der Waals surface area (Å²) in [6.07, 6.45) is 6.58. The number of aromatic nitrogens is 3. The van der Waals surface area contributed by atoms with Gasteiger partial charge in [0.25, 0.3) is 0 Å². The number of pyridine rings is 1. The van der Waals surface area contributed by atoms with Crippen molar-refractivity contribution < 1.29 is 14.0 Å². The van der Waals surface area contributed by atoms with Crippen LogP contribution >= 0.6 is 0 Å². The van der Waals surface area contributed by atoms with E-state index >= 15 is 0 Å². The highest BCUT2D eigenvalue weighted by molar-refractivity contribution is 5.92. The second kappa shape index (κ2) is 9.17. The summed E-state index contributed by atoms with van der Waals surface area (Å²) < 4.78 is 13.8. The first-order chi connectivity index (χ1) is 23.0. The maximum absolute atomic E-state index is 6.74. The van der Waals surface area contributed by atoms with Crippen molar-refractivity contribution in [2.75, 3.05) is 0 Å². The zero-order valence-corrected chi connectivity index (χ0v) is 26.9. The Morgan fingerprint density at radius 3 is 1.98 bits per heavy atom. The minimum absolute atomic E-state index is 0.567. The van der Waals surface area contributed by atoms with Gasteiger partial charge in [-0.1, -0.05) is 60.7 Å². The van der Waals surface area contributed by atoms with Gasteiger partial charge >= 0.3 is 5.66 Å². The summed E-state index contributed by atoms with van der Waals surface area (Å²) in [5.74, 6) is 1.82. The Balaban J connectivity index is 1.19. The van der Waals surface area contributed by atoms with Crippen molar-refractivity contribution >= 4 is 0 Å². The van der Waals surface area contributed by atoms with E-state index in [0.29, 0.717) is 0 Å². The van der Waals surface area contributed by atoms with Crippen LogP contribution in [0.2, 0.25) is 0 Å². The zero-order chi connectivity index (χ0) is 31.6. The fourth-order valence-corrected chi connectivity index (χ4v) is 8.94. The van der Waals surface area contributed by atoms with Gasteiger partial charge in [0.05, 0.1) is 11.8 Å². The van der Waals surface area contributed by atoms with E-state index in [9.17, 15) is 0 Å². The molecule has 0 amide bonds. The van der Waals surface area contributed by atoms with Gasteiger partial charge in [-0.3, -0.25) is 0 Å². The van der Waals surface area contributed by atoms with Crippen LogP contribution in [0.5, 0.6) is 11.5 Å². The second-order valence-corrected chi connectivity index (χ2v) is 13.3. The smallest absolute Gasteiger partial charge is 0.447 e. The third kappa shape index (κ3) is 3.27. The summed E-state index contributed by atoms with van der Waals surface area (Å²) >= 11 is 0. The fraction of sp³-hybridized carbons (Fsp3) is 0.116. The lowest BCUT2D eigenvalue weighted by Crippen LogP contribution is -2.73. The lowest BCUT2D eigenvalue weighted by molar-refractivity contribution is -0.988. The molecule has 4 heteroatoms. The summed E-state index contributed by atoms with van der Waals surface area (Å²) in [5, 5.41) is 0. The summed E-state index contributed by atoms with van der Waals surface area (Å²) in [5.41, 5.74) is 18.2. The molecule has 4 nitrogen and oxygen atoms in total. The van der Waals surface area contributed by atoms with Gasteiger partial charge < -0.3 is 4.74 Å². The molecule has 3 aliphatic heterocycles. The fourth-order valence-electron chi connectivity index (χ4n) is 8.94. The third-order valence-electron chi connectivity index (χ3n) is 10.5. The minimum Gasteiger partial charge on any atom is -0.455 e. The first kappa shape index (κ1) is 26.5. The average molecular weight is 608 g/mol. The van der Waals surface area contributed by atoms with Crippen LogP contribution in [0.4, 0.5) is 0 Å². The average Bonchev–Trinajstić information content (AvgIpc) is 3.76. The van der Waals surface area contributed by atoms with E-state index in [1.165, 1.54) is 78.0 Å². The summed E-state index contributed by atoms with van der Waals surface area (Å²) in [4.78, 5) is 0. The van der Waals surface area contributed by atoms with Gasteiger partial charge in [0, 0.05) is 18.2 Å². The number of nitrogens with zero attached hydrogens (tertiary/aromatic N) is 3. The Kier molecular flexibility index (Phi) is 5.17. The Bertz CT molecular complexity index is 2440. The first-order valence-electron chi connectivity index (χ1n) is 16.4. The number of hydrogen-bond acceptors (Lipinski definition) is 1. The highest BCUT2D eigenvalue weighted by Gasteiger charge is 2.72. The molecule has 7 aromatic rings. The monoisotopic (exact) mass is 607 g/mol. The quantitative estimate of drug-likeness (QED) is 0.184. The molecule has 10 rings (SSSR count). The Morgan fingerprint density at radius 2 is 1.23 bits per heavy atom. The molecule has 1 spiro atoms. The summed E-state index contributed by atoms with van der Waals surface area (Å²) in [6, 6.07) is 39.7. The van der Waals surface area contributed by atoms with Crippen LogP contribution in [0.1, 0.15) is 33.4 Å². The van der Waals surface area contributed by atoms with Crippen molar-refractivity contribution in [3.63, 3.8) is 0 Å². The van der Waals surface area contributed by atoms with Crippen LogP contribution in [0, 0.1) is 27.7 Å². The minimum atomic E-state index is -0.567. The second-order valence-electron chi connectivity index (χ2n) is 13.3. The van der Waals surface area contributed by atoms with Crippen LogP contribution in [0.3, 0.4) is 0 Å². The number of rotatable bonds is 3. The maximum Gasteiger partial charge on any atom is 0.447 e. The van der Waals surface area contributed by atoms with Crippen molar-refractivity contribution in [1.29, 1.82) is 0 Å². The molecular weight excluding hydrogens is 574 g/mol. The molecule has 0 N–H and O–H groups in total. The SMILES string of the molecule is Cc1cc(-c2cc(C)c(-c3ccc4c5c3-c3cccc[n+]3C53c5c(cccc5-n5ccc[n+]53)O4)c(C)c2)cc(C)c1-c1ccccc1. The summed E-state index contributed by atoms with van der Waals surface area (Å²) in [7, 11) is 0. The van der Waals surface area contributed by atoms with Crippen LogP contribution in [-0.2, 0) is 5.66 Å². The van der Waals surface area contributed by atoms with E-state index in [4.69, 9.17) is 4.74 Å². The van der Waals surface area contributed by atoms with Gasteiger partial charge in [0.2, 0.25) is 11.9 Å². The van der Waals surface area contributed by atoms with Crippen molar-refractivity contribution in [1.82, 2.24) is 4.68 Å². The van der Waals surface area contributed by atoms with Gasteiger partial charge in [-0.05, 0) is 118 Å². The largest absolute Gasteiger partial charge is 0.455 e. The van der Waals surface area contributed by atoms with Crippen molar-refractivity contribution in [2.24, 2.45) is 0 Å². The van der Waals surface area contributed by atoms with Gasteiger partial charge in [-0.15, -0.1) is 9.25 Å². The predicted molar refractivity (Wildman–Crippen MR) is 185 cm³/mol. The van der Waals surface area contributed by atoms with Crippen molar-refractivity contribution in [2.45, 2.75) is 33.4 Å². The van der Waals surface area contributed by atoms with Crippen LogP contribution < -0.4 is 14.0 Å². The molecule has 0 aliphatic carbocycles. The van der Waals surface area contributed by atoms with Crippen LogP contribution in [0.25, 0.3) is 50.3 Å². The molecule has 3 aliphatic rings. The lowest BCUT2D eigenvalue weighted by Gasteiger charge is -2.24. The molecule has 1 atom stereocenters. The van der Waals surface area contributed by atoms with E-state index in [2.05, 4.69) is 169 Å². The van der Waals surface area contributed by atoms with Gasteiger partial charge in [-0.2, -0.15) is 0 Å². The number of hydrogen-bond donors (Lipinski definition) is 0. The molecule has 0 bridgehead atoms. The molecule has 5 aromatic carbocycles. The van der Waals surface area contributed by atoms with Gasteiger partial charge in [-0.25, -0.2) is 0 Å². The van der Waals surface area contributed by atoms with E-state index in [1.54, 1.807) is 0 Å². The molecule has 47 heavy (non-hydrogen) atoms. The Morgan fingerprint density at radius 1 is 0.553 bits per heavy atom. The third-order valence-corrected chi connectivity index (χ3v) is 10.5. The normalized spacial score (nSPS) is 15.9. The van der Waals surface area contributed by atoms with Gasteiger partial charge in [0.15, 0.2) is 17.3 Å². The van der Waals surface area contributed by atoms with Crippen molar-refractivity contribution in [3.8, 4) is 61.8 Å². The van der Waals surface area contributed by atoms with Crippen molar-refractivity contribution in [3.05, 3.63) is 161 Å². The highest BCUT2D eigenvalue weighted by Crippen LogP contribution is 2.57. The topological polar surface area (TPSA) is 21.9 Å². The summed E-state index contributed by atoms with van der Waals surface area (Å²) in [6.45, 7) is 8.99. The molecule has 5 heterocycles. The van der Waals surface area contributed by atoms with E-state index in [0.717, 1.165) is 17.2 Å². The maximum atomic E-state index is 6.74. The number of benzene rings is 5. The highest BCUT2D eigenvalue weighted by atomic mass is 16.5. The molecule has 0 fully saturated rings. The molecular formula is C43H33N3O+2. The lowest BCUT2D eigenvalue weighted by atomic mass is 9.82. The van der Waals surface area contributed by atoms with Crippen LogP contribution in [0.15, 0.2) is 128 Å². The predicted octanol–water partition coefficient (Wildman–Crippen LogP) is 8.98. The molecule has 0 saturated carbocycles. The number of aryl methyl sites for hydroxylation is 4. The van der Waals surface area contributed by atoms with Crippen LogP contribution in [-0.4, -0.2) is 4.68 Å². The van der Waals surface area contributed by atoms with E-state index in [-0.39, 0.29) is 0 Å². The molecule has 0 radical (unpaired) electrons. The Hall–Kier alpha value is -5.74. The number of ether oxygens (including phenoxy) is 1. The molecule has 1 unspecified atom stereocenters. The molecule has 0 saturated heterocycles. The number of fused-ring (bicyclic) bond motifs is 4. The zero-order valence-electron chi connectivity index (χ0n) is 26.9. The standard InChI is InChI=1S/C43H33N3O/c1-26-22-31(23-27(2)38(26)30-12-6-5-7-13-30)32-24-28(3)39(29(4)25-32)33-17-18-37-42-40(33)34-14-8-9-19-44(34)43(42)41-35(15-10-16-36(41)47-37)45-20-11-21-46(43)45/h5-25H,1-4H3/q+2. The molecule has 2 aromatic heterocycles. The molecule has 224 valence electrons.